The van der Waals surface area contributed by atoms with Crippen LogP contribution in [-0.2, 0) is 6.54 Å². The average molecular weight is 254 g/mol. The predicted octanol–water partition coefficient (Wildman–Crippen LogP) is 1.88. The number of hydrogen-bond acceptors (Lipinski definition) is 3. The third-order valence-corrected chi connectivity index (χ3v) is 2.61. The number of hydrogen-bond donors (Lipinski definition) is 3. The van der Waals surface area contributed by atoms with Crippen molar-refractivity contribution in [3.05, 3.63) is 23.2 Å². The third kappa shape index (κ3) is 3.80. The van der Waals surface area contributed by atoms with Crippen LogP contribution in [0.3, 0.4) is 0 Å². The van der Waals surface area contributed by atoms with Gasteiger partial charge < -0.3 is 20.2 Å². The number of carboxylic acid groups (broad SMARTS) is 1. The van der Waals surface area contributed by atoms with E-state index in [1.54, 1.807) is 6.92 Å². The molecule has 0 aromatic carbocycles. The lowest BCUT2D eigenvalue weighted by Gasteiger charge is -2.11. The highest BCUT2D eigenvalue weighted by Crippen LogP contribution is 2.14. The Hall–Kier alpha value is -1.98. The number of amides is 2. The maximum atomic E-state index is 11.4. The lowest BCUT2D eigenvalue weighted by Crippen LogP contribution is -2.40. The number of aryl methyl sites for hydroxylation is 1. The molecule has 1 rings (SSSR count). The standard InChI is InChI=1S/C12H18N2O4/c1-4-7(2)14-12(17)13-6-9-5-10(11(15)16)8(3)18-9/h5,7H,4,6H2,1-3H3,(H,15,16)(H2,13,14,17). The predicted molar refractivity (Wildman–Crippen MR) is 65.5 cm³/mol. The Labute approximate surface area is 105 Å². The molecule has 0 fully saturated rings. The summed E-state index contributed by atoms with van der Waals surface area (Å²) in [4.78, 5) is 22.2. The lowest BCUT2D eigenvalue weighted by molar-refractivity contribution is 0.0695. The molecule has 0 saturated carbocycles. The molecule has 0 spiro atoms. The molecule has 1 aromatic heterocycles. The molecule has 1 unspecified atom stereocenters. The number of urea groups is 1. The molecule has 1 atom stereocenters. The van der Waals surface area contributed by atoms with Gasteiger partial charge in [0.2, 0.25) is 0 Å². The maximum Gasteiger partial charge on any atom is 0.339 e. The highest BCUT2D eigenvalue weighted by atomic mass is 16.4. The maximum absolute atomic E-state index is 11.4. The van der Waals surface area contributed by atoms with Crippen molar-refractivity contribution in [1.29, 1.82) is 0 Å². The SMILES string of the molecule is CCC(C)NC(=O)NCc1cc(C(=O)O)c(C)o1. The van der Waals surface area contributed by atoms with Gasteiger partial charge >= 0.3 is 12.0 Å². The summed E-state index contributed by atoms with van der Waals surface area (Å²) in [5.74, 6) is -0.280. The zero-order chi connectivity index (χ0) is 13.7. The summed E-state index contributed by atoms with van der Waals surface area (Å²) >= 11 is 0. The Morgan fingerprint density at radius 2 is 2.17 bits per heavy atom. The van der Waals surface area contributed by atoms with Gasteiger partial charge in [-0.3, -0.25) is 0 Å². The number of carbonyl (C=O) groups excluding carboxylic acids is 1. The Balaban J connectivity index is 2.51. The number of aromatic carboxylic acids is 1. The second-order valence-corrected chi connectivity index (χ2v) is 4.12. The summed E-state index contributed by atoms with van der Waals surface area (Å²) in [7, 11) is 0. The molecular formula is C12H18N2O4. The third-order valence-electron chi connectivity index (χ3n) is 2.61. The number of furan rings is 1. The molecular weight excluding hydrogens is 236 g/mol. The quantitative estimate of drug-likeness (QED) is 0.748. The van der Waals surface area contributed by atoms with Gasteiger partial charge in [-0.1, -0.05) is 6.92 Å². The van der Waals surface area contributed by atoms with Crippen molar-refractivity contribution in [2.75, 3.05) is 0 Å². The van der Waals surface area contributed by atoms with E-state index in [2.05, 4.69) is 10.6 Å². The molecule has 3 N–H and O–H groups in total. The van der Waals surface area contributed by atoms with Crippen LogP contribution in [0.4, 0.5) is 4.79 Å². The van der Waals surface area contributed by atoms with E-state index in [0.717, 1.165) is 6.42 Å². The van der Waals surface area contributed by atoms with Gasteiger partial charge in [-0.05, 0) is 26.3 Å². The minimum Gasteiger partial charge on any atom is -0.478 e. The topological polar surface area (TPSA) is 91.6 Å². The average Bonchev–Trinajstić information content (AvgIpc) is 2.68. The highest BCUT2D eigenvalue weighted by molar-refractivity contribution is 5.88. The van der Waals surface area contributed by atoms with Crippen LogP contribution in [-0.4, -0.2) is 23.1 Å². The van der Waals surface area contributed by atoms with Crippen molar-refractivity contribution < 1.29 is 19.1 Å². The first-order chi connectivity index (χ1) is 8.43. The highest BCUT2D eigenvalue weighted by Gasteiger charge is 2.14. The Morgan fingerprint density at radius 1 is 1.50 bits per heavy atom. The fourth-order valence-corrected chi connectivity index (χ4v) is 1.39. The molecule has 18 heavy (non-hydrogen) atoms. The molecule has 6 heteroatoms. The van der Waals surface area contributed by atoms with Crippen LogP contribution in [0.25, 0.3) is 0 Å². The fraction of sp³-hybridized carbons (Fsp3) is 0.500. The molecule has 2 amide bonds. The van der Waals surface area contributed by atoms with Crippen molar-refractivity contribution in [2.45, 2.75) is 39.8 Å². The Morgan fingerprint density at radius 3 is 2.67 bits per heavy atom. The molecule has 0 aliphatic heterocycles. The summed E-state index contributed by atoms with van der Waals surface area (Å²) in [6, 6.07) is 1.22. The molecule has 100 valence electrons. The first kappa shape index (κ1) is 14.1. The summed E-state index contributed by atoms with van der Waals surface area (Å²) < 4.78 is 5.23. The lowest BCUT2D eigenvalue weighted by atomic mass is 10.2. The van der Waals surface area contributed by atoms with E-state index >= 15 is 0 Å². The van der Waals surface area contributed by atoms with Crippen LogP contribution >= 0.6 is 0 Å². The van der Waals surface area contributed by atoms with E-state index < -0.39 is 5.97 Å². The molecule has 0 saturated heterocycles. The number of carboxylic acids is 1. The van der Waals surface area contributed by atoms with Gasteiger partial charge in [0.25, 0.3) is 0 Å². The molecule has 1 aromatic rings. The monoisotopic (exact) mass is 254 g/mol. The van der Waals surface area contributed by atoms with Gasteiger partial charge in [0, 0.05) is 6.04 Å². The van der Waals surface area contributed by atoms with Crippen LogP contribution in [0.15, 0.2) is 10.5 Å². The second kappa shape index (κ2) is 6.09. The van der Waals surface area contributed by atoms with Crippen LogP contribution < -0.4 is 10.6 Å². The van der Waals surface area contributed by atoms with Crippen LogP contribution in [0.2, 0.25) is 0 Å². The Kier molecular flexibility index (Phi) is 4.76. The van der Waals surface area contributed by atoms with E-state index in [1.165, 1.54) is 6.07 Å². The molecule has 0 radical (unpaired) electrons. The van der Waals surface area contributed by atoms with Gasteiger partial charge in [-0.15, -0.1) is 0 Å². The van der Waals surface area contributed by atoms with E-state index in [9.17, 15) is 9.59 Å². The van der Waals surface area contributed by atoms with E-state index in [-0.39, 0.29) is 24.2 Å². The number of rotatable bonds is 5. The zero-order valence-electron chi connectivity index (χ0n) is 10.7. The van der Waals surface area contributed by atoms with Crippen molar-refractivity contribution in [2.24, 2.45) is 0 Å². The van der Waals surface area contributed by atoms with Gasteiger partial charge in [0.15, 0.2) is 0 Å². The summed E-state index contributed by atoms with van der Waals surface area (Å²) in [6.07, 6.45) is 0.844. The fourth-order valence-electron chi connectivity index (χ4n) is 1.39. The summed E-state index contributed by atoms with van der Waals surface area (Å²) in [6.45, 7) is 5.61. The van der Waals surface area contributed by atoms with Crippen molar-refractivity contribution in [3.63, 3.8) is 0 Å². The molecule has 0 bridgehead atoms. The summed E-state index contributed by atoms with van der Waals surface area (Å²) in [5.41, 5.74) is 0.120. The summed E-state index contributed by atoms with van der Waals surface area (Å²) in [5, 5.41) is 14.2. The first-order valence-electron chi connectivity index (χ1n) is 5.81. The number of nitrogens with one attached hydrogen (secondary N) is 2. The van der Waals surface area contributed by atoms with Gasteiger partial charge in [0.1, 0.15) is 17.1 Å². The normalized spacial score (nSPS) is 11.9. The smallest absolute Gasteiger partial charge is 0.339 e. The van der Waals surface area contributed by atoms with Crippen molar-refractivity contribution in [3.8, 4) is 0 Å². The second-order valence-electron chi connectivity index (χ2n) is 4.12. The number of carbonyl (C=O) groups is 2. The van der Waals surface area contributed by atoms with Gasteiger partial charge in [-0.25, -0.2) is 9.59 Å². The van der Waals surface area contributed by atoms with Gasteiger partial charge in [0.05, 0.1) is 6.54 Å². The zero-order valence-corrected chi connectivity index (χ0v) is 10.7. The van der Waals surface area contributed by atoms with Crippen LogP contribution in [0.1, 0.15) is 42.1 Å². The van der Waals surface area contributed by atoms with Crippen molar-refractivity contribution in [1.82, 2.24) is 10.6 Å². The van der Waals surface area contributed by atoms with Crippen LogP contribution in [0, 0.1) is 6.92 Å². The molecule has 0 aliphatic carbocycles. The van der Waals surface area contributed by atoms with Crippen molar-refractivity contribution >= 4 is 12.0 Å². The molecule has 1 heterocycles. The molecule has 6 nitrogen and oxygen atoms in total. The van der Waals surface area contributed by atoms with E-state index in [0.29, 0.717) is 11.5 Å². The largest absolute Gasteiger partial charge is 0.478 e. The molecule has 0 aliphatic rings. The van der Waals surface area contributed by atoms with E-state index in [1.807, 2.05) is 13.8 Å². The van der Waals surface area contributed by atoms with E-state index in [4.69, 9.17) is 9.52 Å². The minimum atomic E-state index is -1.04. The van der Waals surface area contributed by atoms with Gasteiger partial charge in [-0.2, -0.15) is 0 Å². The van der Waals surface area contributed by atoms with Crippen LogP contribution in [0.5, 0.6) is 0 Å². The minimum absolute atomic E-state index is 0.0953. The Bertz CT molecular complexity index is 439. The first-order valence-corrected chi connectivity index (χ1v) is 5.81.